The van der Waals surface area contributed by atoms with E-state index in [1.807, 2.05) is 50.4 Å². The van der Waals surface area contributed by atoms with Gasteiger partial charge in [0.05, 0.1) is 28.8 Å². The van der Waals surface area contributed by atoms with Crippen molar-refractivity contribution in [3.8, 4) is 33.8 Å². The van der Waals surface area contributed by atoms with Crippen molar-refractivity contribution in [1.29, 1.82) is 0 Å². The molecule has 0 unspecified atom stereocenters. The van der Waals surface area contributed by atoms with Gasteiger partial charge in [0, 0.05) is 47.0 Å². The van der Waals surface area contributed by atoms with Crippen LogP contribution in [0.25, 0.3) is 55.7 Å². The van der Waals surface area contributed by atoms with Crippen LogP contribution in [0.15, 0.2) is 79.4 Å². The number of amides is 1. The number of benzene rings is 1. The summed E-state index contributed by atoms with van der Waals surface area (Å²) in [6, 6.07) is 18.1. The molecule has 0 fully saturated rings. The van der Waals surface area contributed by atoms with E-state index in [0.29, 0.717) is 12.1 Å². The number of nitrogens with zero attached hydrogens (tertiary/aromatic N) is 4. The predicted octanol–water partition coefficient (Wildman–Crippen LogP) is 6.21. The van der Waals surface area contributed by atoms with Gasteiger partial charge in [-0.15, -0.1) is 0 Å². The monoisotopic (exact) mass is 487 g/mol. The summed E-state index contributed by atoms with van der Waals surface area (Å²) in [6.07, 6.45) is 7.49. The summed E-state index contributed by atoms with van der Waals surface area (Å²) in [5.74, 6) is 0.253. The van der Waals surface area contributed by atoms with E-state index in [1.165, 1.54) is 0 Å². The molecule has 8 heteroatoms. The van der Waals surface area contributed by atoms with Crippen molar-refractivity contribution in [3.05, 3.63) is 79.4 Å². The van der Waals surface area contributed by atoms with Crippen LogP contribution in [0.1, 0.15) is 20.3 Å². The van der Waals surface area contributed by atoms with Crippen LogP contribution < -0.4 is 5.32 Å². The van der Waals surface area contributed by atoms with Crippen molar-refractivity contribution >= 4 is 33.5 Å². The molecule has 5 heterocycles. The van der Waals surface area contributed by atoms with Gasteiger partial charge in [0.2, 0.25) is 5.91 Å². The van der Waals surface area contributed by atoms with Crippen LogP contribution in [-0.2, 0) is 4.79 Å². The number of fused-ring (bicyclic) bond motifs is 2. The van der Waals surface area contributed by atoms with Crippen LogP contribution in [0.4, 0.5) is 5.69 Å². The molecule has 182 valence electrons. The zero-order chi connectivity index (χ0) is 25.4. The highest BCUT2D eigenvalue weighted by Gasteiger charge is 2.16. The molecule has 6 rings (SSSR count). The Hall–Kier alpha value is -4.85. The molecule has 0 saturated carbocycles. The number of H-pyrrole nitrogens is 2. The van der Waals surface area contributed by atoms with Crippen molar-refractivity contribution < 1.29 is 4.79 Å². The Balaban J connectivity index is 1.38. The van der Waals surface area contributed by atoms with E-state index in [2.05, 4.69) is 54.7 Å². The summed E-state index contributed by atoms with van der Waals surface area (Å²) < 4.78 is 0. The van der Waals surface area contributed by atoms with E-state index in [4.69, 9.17) is 4.98 Å². The summed E-state index contributed by atoms with van der Waals surface area (Å²) in [5.41, 5.74) is 8.56. The Labute approximate surface area is 213 Å². The first-order chi connectivity index (χ1) is 18.0. The number of hydrogen-bond acceptors (Lipinski definition) is 5. The van der Waals surface area contributed by atoms with E-state index in [-0.39, 0.29) is 11.8 Å². The van der Waals surface area contributed by atoms with Gasteiger partial charge < -0.3 is 10.3 Å². The molecule has 0 aliphatic carbocycles. The van der Waals surface area contributed by atoms with Gasteiger partial charge in [-0.3, -0.25) is 19.9 Å². The van der Waals surface area contributed by atoms with E-state index in [9.17, 15) is 4.79 Å². The first kappa shape index (κ1) is 22.6. The van der Waals surface area contributed by atoms with E-state index in [0.717, 1.165) is 55.7 Å². The molecular weight excluding hydrogens is 462 g/mol. The Bertz CT molecular complexity index is 1730. The molecule has 3 N–H and O–H groups in total. The van der Waals surface area contributed by atoms with Crippen LogP contribution >= 0.6 is 0 Å². The second-order valence-electron chi connectivity index (χ2n) is 9.46. The number of rotatable bonds is 6. The van der Waals surface area contributed by atoms with Crippen LogP contribution in [0.5, 0.6) is 0 Å². The molecule has 0 saturated heterocycles. The molecule has 1 amide bonds. The fourth-order valence-corrected chi connectivity index (χ4v) is 4.54. The van der Waals surface area contributed by atoms with Gasteiger partial charge in [0.1, 0.15) is 11.2 Å². The molecule has 0 aliphatic rings. The third-order valence-corrected chi connectivity index (χ3v) is 6.21. The molecule has 1 aromatic carbocycles. The van der Waals surface area contributed by atoms with Gasteiger partial charge in [-0.05, 0) is 47.9 Å². The van der Waals surface area contributed by atoms with Crippen LogP contribution in [0.3, 0.4) is 0 Å². The number of carbonyl (C=O) groups is 1. The molecule has 0 aliphatic heterocycles. The summed E-state index contributed by atoms with van der Waals surface area (Å²) >= 11 is 0. The molecule has 8 nitrogen and oxygen atoms in total. The lowest BCUT2D eigenvalue weighted by molar-refractivity contribution is -0.116. The topological polar surface area (TPSA) is 112 Å². The normalized spacial score (nSPS) is 11.4. The van der Waals surface area contributed by atoms with Gasteiger partial charge in [-0.1, -0.05) is 32.0 Å². The van der Waals surface area contributed by atoms with Gasteiger partial charge in [0.25, 0.3) is 0 Å². The molecule has 6 aromatic rings. The lowest BCUT2D eigenvalue weighted by Crippen LogP contribution is -2.13. The molecule has 0 spiro atoms. The molecular formula is C29H25N7O. The number of pyridine rings is 3. The van der Waals surface area contributed by atoms with Crippen LogP contribution in [0, 0.1) is 5.92 Å². The number of aromatic nitrogens is 6. The fraction of sp³-hybridized carbons (Fsp3) is 0.138. The summed E-state index contributed by atoms with van der Waals surface area (Å²) in [5, 5.41) is 11.7. The Morgan fingerprint density at radius 1 is 0.946 bits per heavy atom. The Kier molecular flexibility index (Phi) is 5.69. The lowest BCUT2D eigenvalue weighted by atomic mass is 10.0. The quantitative estimate of drug-likeness (QED) is 0.258. The van der Waals surface area contributed by atoms with Gasteiger partial charge in [-0.25, -0.2) is 4.98 Å². The standard InChI is InChI=1S/C29H25N7O/c1-17(2)11-27(37)32-20-12-19(15-31-16-20)23-8-9-25-28(34-23)29(36-35-25)26-13-22-21(6-3-7-24(22)33-26)18-5-4-10-30-14-18/h3-10,12-17,33H,11H2,1-2H3,(H,32,37)(H,35,36). The average Bonchev–Trinajstić information content (AvgIpc) is 3.52. The van der Waals surface area contributed by atoms with E-state index < -0.39 is 0 Å². The van der Waals surface area contributed by atoms with Crippen molar-refractivity contribution in [3.63, 3.8) is 0 Å². The lowest BCUT2D eigenvalue weighted by Gasteiger charge is -2.08. The van der Waals surface area contributed by atoms with Crippen molar-refractivity contribution in [1.82, 2.24) is 30.1 Å². The molecule has 5 aromatic heterocycles. The highest BCUT2D eigenvalue weighted by molar-refractivity contribution is 6.00. The minimum absolute atomic E-state index is 0.0288. The third-order valence-electron chi connectivity index (χ3n) is 6.21. The number of nitrogens with one attached hydrogen (secondary N) is 3. The largest absolute Gasteiger partial charge is 0.353 e. The average molecular weight is 488 g/mol. The minimum Gasteiger partial charge on any atom is -0.353 e. The number of aromatic amines is 2. The number of hydrogen-bond donors (Lipinski definition) is 3. The van der Waals surface area contributed by atoms with E-state index in [1.54, 1.807) is 18.6 Å². The SMILES string of the molecule is CC(C)CC(=O)Nc1cncc(-c2ccc3[nH]nc(-c4cc5c(-c6cccnc6)cccc5[nH]4)c3n2)c1. The van der Waals surface area contributed by atoms with E-state index >= 15 is 0 Å². The van der Waals surface area contributed by atoms with Gasteiger partial charge in [-0.2, -0.15) is 5.10 Å². The highest BCUT2D eigenvalue weighted by Crippen LogP contribution is 2.34. The second-order valence-corrected chi connectivity index (χ2v) is 9.46. The first-order valence-electron chi connectivity index (χ1n) is 12.2. The van der Waals surface area contributed by atoms with Crippen molar-refractivity contribution in [2.75, 3.05) is 5.32 Å². The summed E-state index contributed by atoms with van der Waals surface area (Å²) in [4.78, 5) is 29.2. The molecule has 0 atom stereocenters. The zero-order valence-electron chi connectivity index (χ0n) is 20.5. The van der Waals surface area contributed by atoms with Crippen molar-refractivity contribution in [2.24, 2.45) is 5.92 Å². The predicted molar refractivity (Wildman–Crippen MR) is 146 cm³/mol. The van der Waals surface area contributed by atoms with Gasteiger partial charge >= 0.3 is 0 Å². The Morgan fingerprint density at radius 2 is 1.84 bits per heavy atom. The van der Waals surface area contributed by atoms with Gasteiger partial charge in [0.15, 0.2) is 0 Å². The minimum atomic E-state index is -0.0288. The van der Waals surface area contributed by atoms with Crippen molar-refractivity contribution in [2.45, 2.75) is 20.3 Å². The third kappa shape index (κ3) is 4.45. The Morgan fingerprint density at radius 3 is 2.68 bits per heavy atom. The molecule has 0 radical (unpaired) electrons. The molecule has 37 heavy (non-hydrogen) atoms. The highest BCUT2D eigenvalue weighted by atomic mass is 16.1. The zero-order valence-corrected chi connectivity index (χ0v) is 20.5. The summed E-state index contributed by atoms with van der Waals surface area (Å²) in [6.45, 7) is 4.03. The maximum Gasteiger partial charge on any atom is 0.224 e. The smallest absolute Gasteiger partial charge is 0.224 e. The fourth-order valence-electron chi connectivity index (χ4n) is 4.54. The molecule has 0 bridgehead atoms. The summed E-state index contributed by atoms with van der Waals surface area (Å²) in [7, 11) is 0. The first-order valence-corrected chi connectivity index (χ1v) is 12.2. The maximum atomic E-state index is 12.2. The van der Waals surface area contributed by atoms with Crippen LogP contribution in [-0.4, -0.2) is 36.0 Å². The number of anilines is 1. The number of carbonyl (C=O) groups excluding carboxylic acids is 1. The van der Waals surface area contributed by atoms with Crippen LogP contribution in [0.2, 0.25) is 0 Å². The second kappa shape index (κ2) is 9.31. The maximum absolute atomic E-state index is 12.2.